The molecular weight excluding hydrogens is 372 g/mol. The topological polar surface area (TPSA) is 24.1 Å². The Hall–Kier alpha value is -2.36. The molecule has 138 valence electrons. The van der Waals surface area contributed by atoms with E-state index in [2.05, 4.69) is 54.8 Å². The normalized spacial score (nSPS) is 11.7. The summed E-state index contributed by atoms with van der Waals surface area (Å²) in [4.78, 5) is 0. The molecule has 0 unspecified atom stereocenters. The second-order valence-corrected chi connectivity index (χ2v) is 7.58. The average Bonchev–Trinajstić information content (AvgIpc) is 2.64. The lowest BCUT2D eigenvalue weighted by Crippen LogP contribution is -2.33. The third-order valence-corrected chi connectivity index (χ3v) is 5.20. The lowest BCUT2D eigenvalue weighted by atomic mass is 9.94. The van der Waals surface area contributed by atoms with E-state index in [4.69, 9.17) is 23.8 Å². The third-order valence-electron chi connectivity index (χ3n) is 4.57. The van der Waals surface area contributed by atoms with Crippen LogP contribution in [0, 0.1) is 20.8 Å². The van der Waals surface area contributed by atoms with Crippen LogP contribution < -0.4 is 10.6 Å². The van der Waals surface area contributed by atoms with Crippen molar-refractivity contribution in [2.24, 2.45) is 0 Å². The van der Waals surface area contributed by atoms with Gasteiger partial charge in [0.15, 0.2) is 5.11 Å². The fraction of sp³-hybridized carbons (Fsp3) is 0.174. The van der Waals surface area contributed by atoms with Crippen molar-refractivity contribution in [1.82, 2.24) is 5.32 Å². The molecule has 0 radical (unpaired) electrons. The molecule has 0 saturated heterocycles. The molecule has 0 saturated carbocycles. The van der Waals surface area contributed by atoms with E-state index < -0.39 is 0 Å². The largest absolute Gasteiger partial charge is 0.352 e. The Kier molecular flexibility index (Phi) is 6.15. The van der Waals surface area contributed by atoms with Gasteiger partial charge in [-0.3, -0.25) is 0 Å². The highest BCUT2D eigenvalue weighted by Crippen LogP contribution is 2.26. The predicted molar refractivity (Wildman–Crippen MR) is 120 cm³/mol. The molecular formula is C23H23ClN2S. The fourth-order valence-corrected chi connectivity index (χ4v) is 3.52. The molecule has 0 spiro atoms. The highest BCUT2D eigenvalue weighted by atomic mass is 35.5. The zero-order valence-electron chi connectivity index (χ0n) is 15.7. The van der Waals surface area contributed by atoms with Crippen LogP contribution in [0.4, 0.5) is 5.69 Å². The van der Waals surface area contributed by atoms with Crippen LogP contribution in [0.25, 0.3) is 0 Å². The lowest BCUT2D eigenvalue weighted by Gasteiger charge is -2.24. The third kappa shape index (κ3) is 4.88. The summed E-state index contributed by atoms with van der Waals surface area (Å²) in [5.74, 6) is 0. The van der Waals surface area contributed by atoms with Crippen LogP contribution in [0.2, 0.25) is 5.02 Å². The van der Waals surface area contributed by atoms with Crippen molar-refractivity contribution < 1.29 is 0 Å². The first-order chi connectivity index (χ1) is 12.9. The quantitative estimate of drug-likeness (QED) is 0.505. The summed E-state index contributed by atoms with van der Waals surface area (Å²) >= 11 is 11.8. The van der Waals surface area contributed by atoms with Crippen molar-refractivity contribution in [3.63, 3.8) is 0 Å². The summed E-state index contributed by atoms with van der Waals surface area (Å²) < 4.78 is 0. The number of hydrogen-bond acceptors (Lipinski definition) is 1. The van der Waals surface area contributed by atoms with E-state index in [1.807, 2.05) is 43.3 Å². The molecule has 27 heavy (non-hydrogen) atoms. The van der Waals surface area contributed by atoms with Crippen molar-refractivity contribution in [3.8, 4) is 0 Å². The Morgan fingerprint density at radius 2 is 1.63 bits per heavy atom. The number of rotatable bonds is 4. The van der Waals surface area contributed by atoms with Gasteiger partial charge in [0.25, 0.3) is 0 Å². The maximum atomic E-state index is 6.23. The number of hydrogen-bond donors (Lipinski definition) is 2. The molecule has 4 heteroatoms. The highest BCUT2D eigenvalue weighted by molar-refractivity contribution is 7.80. The lowest BCUT2D eigenvalue weighted by molar-refractivity contribution is 0.762. The molecule has 0 fully saturated rings. The van der Waals surface area contributed by atoms with E-state index in [1.54, 1.807) is 0 Å². The van der Waals surface area contributed by atoms with Crippen LogP contribution in [0.15, 0.2) is 66.7 Å². The number of anilines is 1. The zero-order chi connectivity index (χ0) is 19.4. The minimum Gasteiger partial charge on any atom is -0.352 e. The maximum absolute atomic E-state index is 6.23. The zero-order valence-corrected chi connectivity index (χ0v) is 17.3. The van der Waals surface area contributed by atoms with E-state index >= 15 is 0 Å². The molecule has 0 aliphatic carbocycles. The number of benzene rings is 3. The number of nitrogens with one attached hydrogen (secondary N) is 2. The molecule has 3 aromatic rings. The van der Waals surface area contributed by atoms with E-state index in [1.165, 1.54) is 16.7 Å². The molecule has 2 nitrogen and oxygen atoms in total. The van der Waals surface area contributed by atoms with Crippen LogP contribution in [0.5, 0.6) is 0 Å². The van der Waals surface area contributed by atoms with Crippen molar-refractivity contribution in [2.45, 2.75) is 26.8 Å². The standard InChI is InChI=1S/C23H23ClN2S/c1-15-9-12-20(17(3)13-15)22(18-7-5-4-6-8-18)26-23(27)25-19-11-10-16(2)21(24)14-19/h4-14,22H,1-3H3,(H2,25,26,27)/t22-/m0/s1. The van der Waals surface area contributed by atoms with Gasteiger partial charge >= 0.3 is 0 Å². The van der Waals surface area contributed by atoms with E-state index in [9.17, 15) is 0 Å². The number of halogens is 1. The molecule has 3 aromatic carbocycles. The Morgan fingerprint density at radius 3 is 2.30 bits per heavy atom. The van der Waals surface area contributed by atoms with E-state index in [0.29, 0.717) is 5.11 Å². The first-order valence-electron chi connectivity index (χ1n) is 8.90. The SMILES string of the molecule is Cc1ccc([C@@H](NC(=S)Nc2ccc(C)c(Cl)c2)c2ccccc2)c(C)c1. The second-order valence-electron chi connectivity index (χ2n) is 6.77. The van der Waals surface area contributed by atoms with Gasteiger partial charge in [-0.05, 0) is 67.4 Å². The fourth-order valence-electron chi connectivity index (χ4n) is 3.10. The summed E-state index contributed by atoms with van der Waals surface area (Å²) in [5.41, 5.74) is 6.76. The monoisotopic (exact) mass is 394 g/mol. The molecule has 0 heterocycles. The van der Waals surface area contributed by atoms with Crippen LogP contribution in [-0.4, -0.2) is 5.11 Å². The summed E-state index contributed by atoms with van der Waals surface area (Å²) in [6.45, 7) is 6.22. The van der Waals surface area contributed by atoms with Crippen molar-refractivity contribution >= 4 is 34.6 Å². The van der Waals surface area contributed by atoms with Crippen LogP contribution in [-0.2, 0) is 0 Å². The van der Waals surface area contributed by atoms with Gasteiger partial charge in [0.1, 0.15) is 0 Å². The minimum atomic E-state index is -0.0345. The van der Waals surface area contributed by atoms with E-state index in [0.717, 1.165) is 21.8 Å². The number of aryl methyl sites for hydroxylation is 3. The summed E-state index contributed by atoms with van der Waals surface area (Å²) in [6.07, 6.45) is 0. The molecule has 0 aliphatic rings. The van der Waals surface area contributed by atoms with Gasteiger partial charge in [-0.15, -0.1) is 0 Å². The molecule has 0 bridgehead atoms. The summed E-state index contributed by atoms with van der Waals surface area (Å²) in [6, 6.07) is 22.6. The first kappa shape index (κ1) is 19.4. The summed E-state index contributed by atoms with van der Waals surface area (Å²) in [7, 11) is 0. The minimum absolute atomic E-state index is 0.0345. The van der Waals surface area contributed by atoms with Gasteiger partial charge in [0, 0.05) is 10.7 Å². The van der Waals surface area contributed by atoms with Gasteiger partial charge < -0.3 is 10.6 Å². The van der Waals surface area contributed by atoms with Gasteiger partial charge in [-0.2, -0.15) is 0 Å². The molecule has 1 atom stereocenters. The molecule has 2 N–H and O–H groups in total. The highest BCUT2D eigenvalue weighted by Gasteiger charge is 2.17. The van der Waals surface area contributed by atoms with Crippen molar-refractivity contribution in [2.75, 3.05) is 5.32 Å². The van der Waals surface area contributed by atoms with Gasteiger partial charge in [-0.25, -0.2) is 0 Å². The van der Waals surface area contributed by atoms with Crippen LogP contribution >= 0.6 is 23.8 Å². The van der Waals surface area contributed by atoms with Crippen molar-refractivity contribution in [1.29, 1.82) is 0 Å². The molecule has 0 aliphatic heterocycles. The maximum Gasteiger partial charge on any atom is 0.171 e. The Bertz CT molecular complexity index is 954. The smallest absolute Gasteiger partial charge is 0.171 e. The summed E-state index contributed by atoms with van der Waals surface area (Å²) in [5, 5.41) is 7.99. The molecule has 3 rings (SSSR count). The first-order valence-corrected chi connectivity index (χ1v) is 9.68. The predicted octanol–water partition coefficient (Wildman–Crippen LogP) is 6.34. The Morgan fingerprint density at radius 1 is 0.889 bits per heavy atom. The second kappa shape index (κ2) is 8.55. The molecule has 0 amide bonds. The van der Waals surface area contributed by atoms with E-state index in [-0.39, 0.29) is 6.04 Å². The Balaban J connectivity index is 1.87. The van der Waals surface area contributed by atoms with Gasteiger partial charge in [-0.1, -0.05) is 71.8 Å². The van der Waals surface area contributed by atoms with Crippen LogP contribution in [0.1, 0.15) is 33.9 Å². The van der Waals surface area contributed by atoms with Crippen molar-refractivity contribution in [3.05, 3.63) is 99.6 Å². The van der Waals surface area contributed by atoms with Crippen LogP contribution in [0.3, 0.4) is 0 Å². The number of thiocarbonyl (C=S) groups is 1. The molecule has 0 aromatic heterocycles. The van der Waals surface area contributed by atoms with Gasteiger partial charge in [0.2, 0.25) is 0 Å². The average molecular weight is 395 g/mol. The Labute approximate surface area is 171 Å². The van der Waals surface area contributed by atoms with Gasteiger partial charge in [0.05, 0.1) is 6.04 Å².